The fourth-order valence-electron chi connectivity index (χ4n) is 2.46. The van der Waals surface area contributed by atoms with Gasteiger partial charge in [-0.05, 0) is 55.0 Å². The maximum atomic E-state index is 12.1. The Kier molecular flexibility index (Phi) is 7.56. The van der Waals surface area contributed by atoms with Gasteiger partial charge in [-0.1, -0.05) is 6.92 Å². The molecule has 0 aliphatic heterocycles. The lowest BCUT2D eigenvalue weighted by atomic mass is 10.2. The highest BCUT2D eigenvalue weighted by atomic mass is 16.2. The fraction of sp³-hybridized carbons (Fsp3) is 0.286. The van der Waals surface area contributed by atoms with Gasteiger partial charge in [-0.2, -0.15) is 0 Å². The van der Waals surface area contributed by atoms with Crippen molar-refractivity contribution in [3.05, 3.63) is 48.5 Å². The van der Waals surface area contributed by atoms with Crippen LogP contribution in [-0.2, 0) is 14.4 Å². The van der Waals surface area contributed by atoms with Crippen LogP contribution in [0.4, 0.5) is 22.7 Å². The highest BCUT2D eigenvalue weighted by Gasteiger charge is 2.06. The molecule has 2 aromatic rings. The molecule has 0 saturated carbocycles. The second-order valence-corrected chi connectivity index (χ2v) is 6.40. The van der Waals surface area contributed by atoms with Crippen LogP contribution in [0.2, 0.25) is 0 Å². The van der Waals surface area contributed by atoms with Gasteiger partial charge in [-0.3, -0.25) is 14.4 Å². The average Bonchev–Trinajstić information content (AvgIpc) is 2.68. The summed E-state index contributed by atoms with van der Waals surface area (Å²) in [4.78, 5) is 36.6. The molecule has 2 aromatic carbocycles. The van der Waals surface area contributed by atoms with Crippen molar-refractivity contribution in [2.75, 3.05) is 34.4 Å². The third-order valence-electron chi connectivity index (χ3n) is 4.11. The molecule has 0 aliphatic carbocycles. The lowest BCUT2D eigenvalue weighted by Crippen LogP contribution is -2.23. The number of nitrogens with zero attached hydrogens (tertiary/aromatic N) is 1. The van der Waals surface area contributed by atoms with Gasteiger partial charge in [0.2, 0.25) is 17.7 Å². The van der Waals surface area contributed by atoms with E-state index in [0.29, 0.717) is 17.8 Å². The van der Waals surface area contributed by atoms with Crippen molar-refractivity contribution in [2.24, 2.45) is 0 Å². The lowest BCUT2D eigenvalue weighted by Gasteiger charge is -2.15. The Morgan fingerprint density at radius 2 is 1.32 bits per heavy atom. The number of anilines is 4. The second-order valence-electron chi connectivity index (χ2n) is 6.40. The number of carbonyl (C=O) groups excluding carboxylic acids is 3. The van der Waals surface area contributed by atoms with Crippen molar-refractivity contribution in [1.29, 1.82) is 0 Å². The maximum Gasteiger partial charge on any atom is 0.243 e. The lowest BCUT2D eigenvalue weighted by molar-refractivity contribution is -0.117. The summed E-state index contributed by atoms with van der Waals surface area (Å²) < 4.78 is 0. The fourth-order valence-corrected chi connectivity index (χ4v) is 2.46. The first kappa shape index (κ1) is 21.0. The molecular weight excluding hydrogens is 356 g/mol. The summed E-state index contributed by atoms with van der Waals surface area (Å²) in [6, 6.07) is 14.2. The zero-order chi connectivity index (χ0) is 20.5. The molecule has 0 aliphatic rings. The van der Waals surface area contributed by atoms with Crippen molar-refractivity contribution in [2.45, 2.75) is 26.7 Å². The zero-order valence-corrected chi connectivity index (χ0v) is 16.4. The minimum Gasteiger partial charge on any atom is -0.376 e. The first-order valence-corrected chi connectivity index (χ1v) is 9.17. The molecule has 0 spiro atoms. The average molecular weight is 382 g/mol. The van der Waals surface area contributed by atoms with E-state index in [1.54, 1.807) is 36.2 Å². The summed E-state index contributed by atoms with van der Waals surface area (Å²) in [6.07, 6.45) is 1.28. The number of nitrogens with one attached hydrogen (secondary N) is 3. The van der Waals surface area contributed by atoms with Crippen molar-refractivity contribution < 1.29 is 14.4 Å². The van der Waals surface area contributed by atoms with Gasteiger partial charge in [0.1, 0.15) is 0 Å². The molecule has 0 bridgehead atoms. The minimum atomic E-state index is -0.187. The molecule has 148 valence electrons. The molecule has 0 heterocycles. The molecule has 7 nitrogen and oxygen atoms in total. The van der Waals surface area contributed by atoms with Crippen molar-refractivity contribution in [1.82, 2.24) is 0 Å². The van der Waals surface area contributed by atoms with E-state index >= 15 is 0 Å². The standard InChI is InChI=1S/C21H26N4O3/c1-4-5-20(27)23-17-6-8-18(9-7-17)24-21(28)14-22-16-10-12-19(13-11-16)25(3)15(2)26/h6-13,22H,4-5,14H2,1-3H3,(H,23,27)(H,24,28). The predicted octanol–water partition coefficient (Wildman–Crippen LogP) is 3.46. The summed E-state index contributed by atoms with van der Waals surface area (Å²) in [6.45, 7) is 3.56. The summed E-state index contributed by atoms with van der Waals surface area (Å²) in [5, 5.41) is 8.64. The van der Waals surface area contributed by atoms with Crippen molar-refractivity contribution in [3.8, 4) is 0 Å². The van der Waals surface area contributed by atoms with Crippen molar-refractivity contribution in [3.63, 3.8) is 0 Å². The van der Waals surface area contributed by atoms with Gasteiger partial charge in [0.25, 0.3) is 0 Å². The predicted molar refractivity (Wildman–Crippen MR) is 113 cm³/mol. The van der Waals surface area contributed by atoms with Gasteiger partial charge < -0.3 is 20.9 Å². The number of amides is 3. The molecule has 3 N–H and O–H groups in total. The third kappa shape index (κ3) is 6.42. The van der Waals surface area contributed by atoms with Gasteiger partial charge in [0, 0.05) is 43.1 Å². The van der Waals surface area contributed by atoms with Crippen LogP contribution in [-0.4, -0.2) is 31.3 Å². The van der Waals surface area contributed by atoms with Gasteiger partial charge in [0.15, 0.2) is 0 Å². The maximum absolute atomic E-state index is 12.1. The van der Waals surface area contributed by atoms with E-state index in [0.717, 1.165) is 17.8 Å². The minimum absolute atomic E-state index is 0.0241. The van der Waals surface area contributed by atoms with E-state index < -0.39 is 0 Å². The Bertz CT molecular complexity index is 817. The van der Waals surface area contributed by atoms with E-state index in [1.807, 2.05) is 31.2 Å². The molecule has 0 saturated heterocycles. The molecule has 0 aromatic heterocycles. The molecule has 0 radical (unpaired) electrons. The van der Waals surface area contributed by atoms with E-state index in [4.69, 9.17) is 0 Å². The number of carbonyl (C=O) groups is 3. The van der Waals surface area contributed by atoms with Crippen LogP contribution in [0.3, 0.4) is 0 Å². The van der Waals surface area contributed by atoms with Gasteiger partial charge in [0.05, 0.1) is 6.54 Å². The molecule has 28 heavy (non-hydrogen) atoms. The Balaban J connectivity index is 1.82. The SMILES string of the molecule is CCCC(=O)Nc1ccc(NC(=O)CNc2ccc(N(C)C(C)=O)cc2)cc1. The van der Waals surface area contributed by atoms with Crippen LogP contribution in [0.5, 0.6) is 0 Å². The number of hydrogen-bond acceptors (Lipinski definition) is 4. The Morgan fingerprint density at radius 1 is 0.821 bits per heavy atom. The molecule has 7 heteroatoms. The van der Waals surface area contributed by atoms with Gasteiger partial charge in [-0.25, -0.2) is 0 Å². The quantitative estimate of drug-likeness (QED) is 0.652. The van der Waals surface area contributed by atoms with Crippen LogP contribution >= 0.6 is 0 Å². The Labute approximate surface area is 165 Å². The van der Waals surface area contributed by atoms with E-state index in [2.05, 4.69) is 16.0 Å². The topological polar surface area (TPSA) is 90.5 Å². The first-order valence-electron chi connectivity index (χ1n) is 9.17. The summed E-state index contributed by atoms with van der Waals surface area (Å²) in [5.74, 6) is -0.257. The Morgan fingerprint density at radius 3 is 1.82 bits per heavy atom. The van der Waals surface area contributed by atoms with E-state index in [-0.39, 0.29) is 24.3 Å². The Hall–Kier alpha value is -3.35. The molecule has 0 atom stereocenters. The van der Waals surface area contributed by atoms with Gasteiger partial charge in [-0.15, -0.1) is 0 Å². The van der Waals surface area contributed by atoms with Crippen molar-refractivity contribution >= 4 is 40.5 Å². The first-order chi connectivity index (χ1) is 13.4. The highest BCUT2D eigenvalue weighted by molar-refractivity contribution is 5.95. The normalized spacial score (nSPS) is 10.1. The number of benzene rings is 2. The van der Waals surface area contributed by atoms with Gasteiger partial charge >= 0.3 is 0 Å². The molecule has 0 fully saturated rings. The molecule has 2 rings (SSSR count). The largest absolute Gasteiger partial charge is 0.376 e. The second kappa shape index (κ2) is 10.1. The number of rotatable bonds is 8. The smallest absolute Gasteiger partial charge is 0.243 e. The van der Waals surface area contributed by atoms with Crippen LogP contribution in [0, 0.1) is 0 Å². The number of hydrogen-bond donors (Lipinski definition) is 3. The molecular formula is C21H26N4O3. The molecule has 3 amide bonds. The van der Waals surface area contributed by atoms with Crippen LogP contribution in [0.1, 0.15) is 26.7 Å². The van der Waals surface area contributed by atoms with E-state index in [9.17, 15) is 14.4 Å². The summed E-state index contributed by atoms with van der Waals surface area (Å²) in [5.41, 5.74) is 2.92. The monoisotopic (exact) mass is 382 g/mol. The highest BCUT2D eigenvalue weighted by Crippen LogP contribution is 2.17. The van der Waals surface area contributed by atoms with Crippen LogP contribution < -0.4 is 20.9 Å². The zero-order valence-electron chi connectivity index (χ0n) is 16.4. The third-order valence-corrected chi connectivity index (χ3v) is 4.11. The molecule has 0 unspecified atom stereocenters. The van der Waals surface area contributed by atoms with Crippen LogP contribution in [0.15, 0.2) is 48.5 Å². The van der Waals surface area contributed by atoms with E-state index in [1.165, 1.54) is 6.92 Å². The summed E-state index contributed by atoms with van der Waals surface area (Å²) in [7, 11) is 1.71. The van der Waals surface area contributed by atoms with Crippen LogP contribution in [0.25, 0.3) is 0 Å². The summed E-state index contributed by atoms with van der Waals surface area (Å²) >= 11 is 0.